The van der Waals surface area contributed by atoms with Crippen LogP contribution in [0.5, 0.6) is 0 Å². The number of nitrogens with zero attached hydrogens (tertiary/aromatic N) is 1. The first-order chi connectivity index (χ1) is 10.8. The zero-order chi connectivity index (χ0) is 17.6. The van der Waals surface area contributed by atoms with Gasteiger partial charge in [-0.25, -0.2) is 9.18 Å². The summed E-state index contributed by atoms with van der Waals surface area (Å²) < 4.78 is 14.0. The van der Waals surface area contributed by atoms with Crippen molar-refractivity contribution in [1.82, 2.24) is 0 Å². The van der Waals surface area contributed by atoms with Crippen LogP contribution in [0.1, 0.15) is 19.8 Å². The summed E-state index contributed by atoms with van der Waals surface area (Å²) in [5.74, 6) is -3.74. The van der Waals surface area contributed by atoms with Crippen molar-refractivity contribution in [2.75, 3.05) is 0 Å². The smallest absolute Gasteiger partial charge is 0.332 e. The third kappa shape index (κ3) is 4.56. The average molecular weight is 340 g/mol. The summed E-state index contributed by atoms with van der Waals surface area (Å²) in [4.78, 5) is 32.8. The van der Waals surface area contributed by atoms with Crippen molar-refractivity contribution < 1.29 is 19.1 Å². The maximum absolute atomic E-state index is 14.0. The van der Waals surface area contributed by atoms with E-state index >= 15 is 0 Å². The number of hydrogen-bond acceptors (Lipinski definition) is 3. The molecule has 0 heterocycles. The zero-order valence-corrected chi connectivity index (χ0v) is 13.1. The second kappa shape index (κ2) is 8.33. The molecular formula is C16H15ClFNO4. The Morgan fingerprint density at radius 2 is 2.17 bits per heavy atom. The number of hydrogen-bond donors (Lipinski definition) is 1. The van der Waals surface area contributed by atoms with Gasteiger partial charge in [0.05, 0.1) is 5.57 Å². The Morgan fingerprint density at radius 1 is 1.52 bits per heavy atom. The molecule has 0 bridgehead atoms. The van der Waals surface area contributed by atoms with Gasteiger partial charge >= 0.3 is 11.9 Å². The summed E-state index contributed by atoms with van der Waals surface area (Å²) in [7, 11) is 0. The molecule has 1 amide bonds. The Balaban J connectivity index is 3.26. The lowest BCUT2D eigenvalue weighted by Gasteiger charge is -2.18. The van der Waals surface area contributed by atoms with Gasteiger partial charge in [-0.05, 0) is 25.8 Å². The molecule has 122 valence electrons. The van der Waals surface area contributed by atoms with Crippen LogP contribution in [0, 0.1) is 10.8 Å². The Bertz CT molecular complexity index is 674. The zero-order valence-electron chi connectivity index (χ0n) is 12.4. The van der Waals surface area contributed by atoms with Crippen LogP contribution >= 0.6 is 11.6 Å². The molecule has 5 nitrogen and oxygen atoms in total. The van der Waals surface area contributed by atoms with Crippen molar-refractivity contribution in [2.45, 2.75) is 19.8 Å². The minimum atomic E-state index is -1.36. The summed E-state index contributed by atoms with van der Waals surface area (Å²) in [6.07, 6.45) is 6.24. The number of carbonyl (C=O) groups is 2. The number of amides is 1. The van der Waals surface area contributed by atoms with Gasteiger partial charge in [0.2, 0.25) is 0 Å². The van der Waals surface area contributed by atoms with Crippen molar-refractivity contribution in [3.05, 3.63) is 63.4 Å². The van der Waals surface area contributed by atoms with Crippen LogP contribution in [-0.4, -0.2) is 17.0 Å². The lowest BCUT2D eigenvalue weighted by atomic mass is 9.91. The summed E-state index contributed by atoms with van der Waals surface area (Å²) in [6, 6.07) is 0. The standard InChI is InChI=1S/C16H15ClFNO4/c1-3-10(14-12(17)5-4-6-13(14)18)7-8-11(15(20)19-23)9(2)16(21)22/h3,6-8,10H,1,4-5H2,2H3,(H,21,22). The topological polar surface area (TPSA) is 83.8 Å². The predicted molar refractivity (Wildman–Crippen MR) is 85.3 cm³/mol. The lowest BCUT2D eigenvalue weighted by Crippen LogP contribution is -2.08. The van der Waals surface area contributed by atoms with Crippen molar-refractivity contribution >= 4 is 23.5 Å². The van der Waals surface area contributed by atoms with Crippen molar-refractivity contribution in [2.24, 2.45) is 11.1 Å². The molecule has 1 aliphatic rings. The SMILES string of the molecule is C=CC(C=CC(C(=O)N=O)=C(C)C(=O)O)C1=C(Cl)CCC=C1F. The van der Waals surface area contributed by atoms with Crippen molar-refractivity contribution in [3.63, 3.8) is 0 Å². The summed E-state index contributed by atoms with van der Waals surface area (Å²) >= 11 is 6.04. The number of aliphatic carboxylic acids is 1. The van der Waals surface area contributed by atoms with E-state index in [-0.39, 0.29) is 16.7 Å². The van der Waals surface area contributed by atoms with E-state index in [0.717, 1.165) is 6.08 Å². The van der Waals surface area contributed by atoms with Gasteiger partial charge in [-0.2, -0.15) is 0 Å². The van der Waals surface area contributed by atoms with E-state index in [0.29, 0.717) is 17.9 Å². The fourth-order valence-corrected chi connectivity index (χ4v) is 2.38. The van der Waals surface area contributed by atoms with Crippen LogP contribution in [0.2, 0.25) is 0 Å². The molecule has 1 unspecified atom stereocenters. The van der Waals surface area contributed by atoms with Gasteiger partial charge in [-0.15, -0.1) is 11.5 Å². The molecule has 1 atom stereocenters. The molecule has 1 N–H and O–H groups in total. The molecular weight excluding hydrogens is 325 g/mol. The summed E-state index contributed by atoms with van der Waals surface area (Å²) in [6.45, 7) is 4.76. The number of halogens is 2. The molecule has 0 radical (unpaired) electrons. The monoisotopic (exact) mass is 339 g/mol. The molecule has 0 aromatic rings. The average Bonchev–Trinajstić information content (AvgIpc) is 2.52. The molecule has 1 aliphatic carbocycles. The highest BCUT2D eigenvalue weighted by atomic mass is 35.5. The number of rotatable bonds is 6. The second-order valence-electron chi connectivity index (χ2n) is 4.77. The molecule has 7 heteroatoms. The highest BCUT2D eigenvalue weighted by molar-refractivity contribution is 6.30. The van der Waals surface area contributed by atoms with Crippen LogP contribution in [0.4, 0.5) is 4.39 Å². The van der Waals surface area contributed by atoms with E-state index < -0.39 is 23.6 Å². The highest BCUT2D eigenvalue weighted by Gasteiger charge is 2.21. The van der Waals surface area contributed by atoms with Gasteiger partial charge in [-0.3, -0.25) is 4.79 Å². The number of allylic oxidation sites excluding steroid dienone is 6. The van der Waals surface area contributed by atoms with Crippen molar-refractivity contribution in [3.8, 4) is 0 Å². The first-order valence-electron chi connectivity index (χ1n) is 6.70. The first kappa shape index (κ1) is 18.7. The largest absolute Gasteiger partial charge is 0.478 e. The first-order valence-corrected chi connectivity index (χ1v) is 7.08. The number of carboxylic acids is 1. The van der Waals surface area contributed by atoms with Crippen LogP contribution in [0.25, 0.3) is 0 Å². The lowest BCUT2D eigenvalue weighted by molar-refractivity contribution is -0.133. The van der Waals surface area contributed by atoms with Crippen LogP contribution in [0.3, 0.4) is 0 Å². The van der Waals surface area contributed by atoms with Gasteiger partial charge in [0.1, 0.15) is 5.83 Å². The second-order valence-corrected chi connectivity index (χ2v) is 5.23. The van der Waals surface area contributed by atoms with E-state index in [4.69, 9.17) is 16.7 Å². The Hall–Kier alpha value is -2.34. The minimum absolute atomic E-state index is 0.211. The third-order valence-electron chi connectivity index (χ3n) is 3.33. The van der Waals surface area contributed by atoms with E-state index in [2.05, 4.69) is 11.8 Å². The van der Waals surface area contributed by atoms with E-state index in [1.165, 1.54) is 25.2 Å². The minimum Gasteiger partial charge on any atom is -0.478 e. The molecule has 0 saturated heterocycles. The van der Waals surface area contributed by atoms with Crippen LogP contribution < -0.4 is 0 Å². The molecule has 0 aliphatic heterocycles. The van der Waals surface area contributed by atoms with Gasteiger partial charge in [0.25, 0.3) is 0 Å². The molecule has 1 rings (SSSR count). The number of nitroso groups, excluding NO2 is 1. The molecule has 0 spiro atoms. The Kier molecular flexibility index (Phi) is 6.78. The van der Waals surface area contributed by atoms with Crippen molar-refractivity contribution in [1.29, 1.82) is 0 Å². The van der Waals surface area contributed by atoms with E-state index in [9.17, 15) is 18.9 Å². The Labute approximate surface area is 137 Å². The molecule has 0 saturated carbocycles. The van der Waals surface area contributed by atoms with Gasteiger partial charge < -0.3 is 5.11 Å². The quantitative estimate of drug-likeness (QED) is 0.340. The Morgan fingerprint density at radius 3 is 2.65 bits per heavy atom. The predicted octanol–water partition coefficient (Wildman–Crippen LogP) is 4.18. The fraction of sp³-hybridized carbons (Fsp3) is 0.250. The normalized spacial score (nSPS) is 17.4. The number of carbonyl (C=O) groups excluding carboxylic acids is 1. The van der Waals surface area contributed by atoms with Crippen LogP contribution in [-0.2, 0) is 9.59 Å². The van der Waals surface area contributed by atoms with E-state index in [1.54, 1.807) is 0 Å². The summed E-state index contributed by atoms with van der Waals surface area (Å²) in [5.41, 5.74) is -0.507. The van der Waals surface area contributed by atoms with Gasteiger partial charge in [0, 0.05) is 27.3 Å². The number of carboxylic acid groups (broad SMARTS) is 1. The highest BCUT2D eigenvalue weighted by Crippen LogP contribution is 2.35. The summed E-state index contributed by atoms with van der Waals surface area (Å²) in [5, 5.41) is 11.5. The van der Waals surface area contributed by atoms with Gasteiger partial charge in [-0.1, -0.05) is 29.8 Å². The molecule has 0 aromatic carbocycles. The van der Waals surface area contributed by atoms with E-state index in [1.807, 2.05) is 0 Å². The maximum atomic E-state index is 14.0. The molecule has 0 fully saturated rings. The molecule has 0 aromatic heterocycles. The fourth-order valence-electron chi connectivity index (χ4n) is 2.05. The molecule has 23 heavy (non-hydrogen) atoms. The van der Waals surface area contributed by atoms with Crippen LogP contribution in [0.15, 0.2) is 63.6 Å². The maximum Gasteiger partial charge on any atom is 0.332 e. The van der Waals surface area contributed by atoms with Gasteiger partial charge in [0.15, 0.2) is 0 Å². The third-order valence-corrected chi connectivity index (χ3v) is 3.73.